The molecular formula is C11H21FN2O. The van der Waals surface area contributed by atoms with Crippen molar-refractivity contribution in [2.45, 2.75) is 43.9 Å². The minimum atomic E-state index is -1.12. The summed E-state index contributed by atoms with van der Waals surface area (Å²) >= 11 is 0. The van der Waals surface area contributed by atoms with Gasteiger partial charge in [-0.25, -0.2) is 4.39 Å². The number of ether oxygens (including phenoxy) is 1. The van der Waals surface area contributed by atoms with Gasteiger partial charge in [0.2, 0.25) is 0 Å². The van der Waals surface area contributed by atoms with Gasteiger partial charge in [-0.3, -0.25) is 0 Å². The van der Waals surface area contributed by atoms with Gasteiger partial charge in [0.25, 0.3) is 0 Å². The van der Waals surface area contributed by atoms with Gasteiger partial charge in [0.15, 0.2) is 0 Å². The maximum absolute atomic E-state index is 14.4. The molecule has 2 saturated heterocycles. The smallest absolute Gasteiger partial charge is 0.125 e. The fourth-order valence-electron chi connectivity index (χ4n) is 2.57. The van der Waals surface area contributed by atoms with E-state index in [1.807, 2.05) is 0 Å². The molecule has 0 aromatic heterocycles. The number of nitrogens with one attached hydrogen (secondary N) is 2. The minimum Gasteiger partial charge on any atom is -0.379 e. The van der Waals surface area contributed by atoms with Crippen molar-refractivity contribution in [2.75, 3.05) is 26.3 Å². The zero-order valence-corrected chi connectivity index (χ0v) is 9.39. The summed E-state index contributed by atoms with van der Waals surface area (Å²) in [5.41, 5.74) is -1.12. The van der Waals surface area contributed by atoms with Crippen molar-refractivity contribution in [2.24, 2.45) is 0 Å². The first-order valence-electron chi connectivity index (χ1n) is 5.92. The van der Waals surface area contributed by atoms with Crippen LogP contribution in [0.2, 0.25) is 0 Å². The topological polar surface area (TPSA) is 33.3 Å². The van der Waals surface area contributed by atoms with Gasteiger partial charge in [-0.15, -0.1) is 0 Å². The van der Waals surface area contributed by atoms with Gasteiger partial charge < -0.3 is 15.4 Å². The summed E-state index contributed by atoms with van der Waals surface area (Å²) in [6, 6.07) is 0.206. The first-order valence-corrected chi connectivity index (χ1v) is 5.92. The van der Waals surface area contributed by atoms with E-state index in [9.17, 15) is 4.39 Å². The molecule has 3 unspecified atom stereocenters. The second-order valence-electron chi connectivity index (χ2n) is 4.86. The quantitative estimate of drug-likeness (QED) is 0.733. The van der Waals surface area contributed by atoms with E-state index in [1.54, 1.807) is 6.92 Å². The SMILES string of the molecule is CC(F)(CC1COCCN1)C1CCCN1. The Morgan fingerprint density at radius 3 is 2.87 bits per heavy atom. The molecule has 3 atom stereocenters. The summed E-state index contributed by atoms with van der Waals surface area (Å²) in [6.07, 6.45) is 2.60. The molecule has 3 nitrogen and oxygen atoms in total. The Kier molecular flexibility index (Phi) is 3.59. The number of hydrogen-bond donors (Lipinski definition) is 2. The lowest BCUT2D eigenvalue weighted by atomic mass is 9.90. The zero-order valence-electron chi connectivity index (χ0n) is 9.39. The number of morpholine rings is 1. The van der Waals surface area contributed by atoms with Crippen molar-refractivity contribution in [3.63, 3.8) is 0 Å². The third-order valence-electron chi connectivity index (χ3n) is 3.43. The molecule has 2 aliphatic heterocycles. The van der Waals surface area contributed by atoms with E-state index < -0.39 is 5.67 Å². The van der Waals surface area contributed by atoms with E-state index in [-0.39, 0.29) is 12.1 Å². The van der Waals surface area contributed by atoms with Crippen molar-refractivity contribution in [3.05, 3.63) is 0 Å². The van der Waals surface area contributed by atoms with Crippen molar-refractivity contribution in [3.8, 4) is 0 Å². The molecule has 0 aromatic rings. The summed E-state index contributed by atoms with van der Waals surface area (Å²) in [5, 5.41) is 6.55. The molecule has 0 aromatic carbocycles. The van der Waals surface area contributed by atoms with Crippen LogP contribution in [0, 0.1) is 0 Å². The Labute approximate surface area is 90.8 Å². The highest BCUT2D eigenvalue weighted by atomic mass is 19.1. The highest BCUT2D eigenvalue weighted by Crippen LogP contribution is 2.28. The summed E-state index contributed by atoms with van der Waals surface area (Å²) in [7, 11) is 0. The summed E-state index contributed by atoms with van der Waals surface area (Å²) in [4.78, 5) is 0. The first-order chi connectivity index (χ1) is 7.18. The lowest BCUT2D eigenvalue weighted by molar-refractivity contribution is 0.0377. The Hall–Kier alpha value is -0.190. The highest BCUT2D eigenvalue weighted by molar-refractivity contribution is 4.95. The third-order valence-corrected chi connectivity index (χ3v) is 3.43. The van der Waals surface area contributed by atoms with E-state index >= 15 is 0 Å². The molecule has 2 aliphatic rings. The predicted octanol–water partition coefficient (Wildman–Crippen LogP) is 0.845. The number of hydrogen-bond acceptors (Lipinski definition) is 3. The molecule has 2 N–H and O–H groups in total. The molecule has 2 rings (SSSR count). The molecule has 2 fully saturated rings. The van der Waals surface area contributed by atoms with Crippen LogP contribution in [-0.4, -0.2) is 44.1 Å². The second-order valence-corrected chi connectivity index (χ2v) is 4.86. The lowest BCUT2D eigenvalue weighted by Gasteiger charge is -2.33. The van der Waals surface area contributed by atoms with E-state index in [1.165, 1.54) is 0 Å². The molecule has 0 amide bonds. The van der Waals surface area contributed by atoms with Crippen LogP contribution in [0.1, 0.15) is 26.2 Å². The standard InChI is InChI=1S/C11H21FN2O/c1-11(12,10-3-2-4-14-10)7-9-8-15-6-5-13-9/h9-10,13-14H,2-8H2,1H3. The fourth-order valence-corrected chi connectivity index (χ4v) is 2.57. The Morgan fingerprint density at radius 2 is 2.27 bits per heavy atom. The second kappa shape index (κ2) is 4.76. The average molecular weight is 216 g/mol. The summed E-state index contributed by atoms with van der Waals surface area (Å²) in [6.45, 7) is 4.91. The van der Waals surface area contributed by atoms with Gasteiger partial charge in [0.1, 0.15) is 5.67 Å². The summed E-state index contributed by atoms with van der Waals surface area (Å²) in [5.74, 6) is 0. The molecule has 0 bridgehead atoms. The molecule has 2 heterocycles. The molecule has 0 radical (unpaired) electrons. The largest absolute Gasteiger partial charge is 0.379 e. The Bertz CT molecular complexity index is 199. The number of rotatable bonds is 3. The third kappa shape index (κ3) is 2.89. The van der Waals surface area contributed by atoms with Gasteiger partial charge >= 0.3 is 0 Å². The Balaban J connectivity index is 1.84. The van der Waals surface area contributed by atoms with Gasteiger partial charge in [-0.1, -0.05) is 0 Å². The van der Waals surface area contributed by atoms with Gasteiger partial charge in [-0.05, 0) is 26.3 Å². The van der Waals surface area contributed by atoms with Gasteiger partial charge in [0, 0.05) is 25.0 Å². The summed E-state index contributed by atoms with van der Waals surface area (Å²) < 4.78 is 19.8. The zero-order chi connectivity index (χ0) is 10.7. The van der Waals surface area contributed by atoms with Crippen LogP contribution in [-0.2, 0) is 4.74 Å². The highest BCUT2D eigenvalue weighted by Gasteiger charge is 2.38. The van der Waals surface area contributed by atoms with E-state index in [0.29, 0.717) is 13.0 Å². The number of alkyl halides is 1. The minimum absolute atomic E-state index is 0.0289. The van der Waals surface area contributed by atoms with Gasteiger partial charge in [-0.2, -0.15) is 0 Å². The average Bonchev–Trinajstić information content (AvgIpc) is 2.71. The maximum atomic E-state index is 14.4. The van der Waals surface area contributed by atoms with Crippen LogP contribution >= 0.6 is 0 Å². The van der Waals surface area contributed by atoms with Crippen molar-refractivity contribution < 1.29 is 9.13 Å². The van der Waals surface area contributed by atoms with Crippen molar-refractivity contribution in [1.82, 2.24) is 10.6 Å². The normalized spacial score (nSPS) is 36.4. The molecule has 15 heavy (non-hydrogen) atoms. The van der Waals surface area contributed by atoms with E-state index in [0.717, 1.165) is 32.5 Å². The van der Waals surface area contributed by atoms with Crippen molar-refractivity contribution >= 4 is 0 Å². The van der Waals surface area contributed by atoms with Crippen LogP contribution in [0.3, 0.4) is 0 Å². The van der Waals surface area contributed by atoms with Crippen LogP contribution in [0.15, 0.2) is 0 Å². The molecule has 0 aliphatic carbocycles. The monoisotopic (exact) mass is 216 g/mol. The first kappa shape index (κ1) is 11.3. The van der Waals surface area contributed by atoms with Crippen LogP contribution < -0.4 is 10.6 Å². The fraction of sp³-hybridized carbons (Fsp3) is 1.00. The van der Waals surface area contributed by atoms with E-state index in [2.05, 4.69) is 10.6 Å². The van der Waals surface area contributed by atoms with E-state index in [4.69, 9.17) is 4.74 Å². The van der Waals surface area contributed by atoms with Crippen LogP contribution in [0.25, 0.3) is 0 Å². The molecule has 88 valence electrons. The molecule has 0 saturated carbocycles. The predicted molar refractivity (Wildman–Crippen MR) is 57.8 cm³/mol. The number of halogens is 1. The van der Waals surface area contributed by atoms with Crippen molar-refractivity contribution in [1.29, 1.82) is 0 Å². The Morgan fingerprint density at radius 1 is 1.40 bits per heavy atom. The van der Waals surface area contributed by atoms with Crippen LogP contribution in [0.4, 0.5) is 4.39 Å². The molecular weight excluding hydrogens is 195 g/mol. The molecule has 4 heteroatoms. The maximum Gasteiger partial charge on any atom is 0.125 e. The molecule has 0 spiro atoms. The van der Waals surface area contributed by atoms with Gasteiger partial charge in [0.05, 0.1) is 13.2 Å². The van der Waals surface area contributed by atoms with Crippen LogP contribution in [0.5, 0.6) is 0 Å². The lowest BCUT2D eigenvalue weighted by Crippen LogP contribution is -2.50.